The van der Waals surface area contributed by atoms with Gasteiger partial charge in [0.1, 0.15) is 18.3 Å². The van der Waals surface area contributed by atoms with Crippen molar-refractivity contribution >= 4 is 11.7 Å². The number of carbonyl (C=O) groups is 2. The van der Waals surface area contributed by atoms with Crippen molar-refractivity contribution in [2.75, 3.05) is 13.7 Å². The highest BCUT2D eigenvalue weighted by atomic mass is 16.5. The number of ketones is 1. The van der Waals surface area contributed by atoms with Crippen LogP contribution in [0.15, 0.2) is 41.6 Å². The normalized spacial score (nSPS) is 16.2. The van der Waals surface area contributed by atoms with Crippen molar-refractivity contribution in [2.24, 2.45) is 0 Å². The standard InChI is InChI=1S/C18H19N3O4/c1-12(22)18-15-4-3-14(25-2)9-13(15)6-8-21(18)17(24)10-20-11-19-7-5-16(20)23/h3-5,7,9,11,18H,6,8,10H2,1-2H3/t18-/m0/s1. The molecule has 7 heteroatoms. The Morgan fingerprint density at radius 1 is 1.32 bits per heavy atom. The lowest BCUT2D eigenvalue weighted by Gasteiger charge is -2.36. The third-order valence-corrected chi connectivity index (χ3v) is 4.38. The van der Waals surface area contributed by atoms with Gasteiger partial charge in [0.2, 0.25) is 5.91 Å². The minimum Gasteiger partial charge on any atom is -0.497 e. The van der Waals surface area contributed by atoms with E-state index in [1.807, 2.05) is 12.1 Å². The van der Waals surface area contributed by atoms with Gasteiger partial charge in [-0.05, 0) is 36.6 Å². The van der Waals surface area contributed by atoms with E-state index in [9.17, 15) is 14.4 Å². The zero-order valence-electron chi connectivity index (χ0n) is 14.1. The van der Waals surface area contributed by atoms with Gasteiger partial charge in [0.15, 0.2) is 5.78 Å². The van der Waals surface area contributed by atoms with Gasteiger partial charge < -0.3 is 9.64 Å². The number of Topliss-reactive ketones (excluding diaryl/α,β-unsaturated/α-hetero) is 1. The Balaban J connectivity index is 1.91. The first kappa shape index (κ1) is 16.9. The van der Waals surface area contributed by atoms with Crippen molar-refractivity contribution in [3.8, 4) is 5.75 Å². The first-order valence-corrected chi connectivity index (χ1v) is 7.98. The fourth-order valence-corrected chi connectivity index (χ4v) is 3.17. The van der Waals surface area contributed by atoms with E-state index in [1.165, 1.54) is 35.0 Å². The molecule has 2 heterocycles. The van der Waals surface area contributed by atoms with E-state index in [1.54, 1.807) is 13.2 Å². The molecule has 0 bridgehead atoms. The Hall–Kier alpha value is -2.96. The lowest BCUT2D eigenvalue weighted by Crippen LogP contribution is -2.45. The molecular weight excluding hydrogens is 322 g/mol. The van der Waals surface area contributed by atoms with Gasteiger partial charge in [-0.15, -0.1) is 0 Å². The maximum atomic E-state index is 12.7. The second kappa shape index (κ2) is 6.88. The molecule has 0 unspecified atom stereocenters. The van der Waals surface area contributed by atoms with Gasteiger partial charge in [0, 0.05) is 18.8 Å². The number of hydrogen-bond donors (Lipinski definition) is 0. The van der Waals surface area contributed by atoms with Crippen molar-refractivity contribution in [2.45, 2.75) is 25.9 Å². The van der Waals surface area contributed by atoms with Gasteiger partial charge in [0.25, 0.3) is 5.56 Å². The first-order chi connectivity index (χ1) is 12.0. The second-order valence-corrected chi connectivity index (χ2v) is 5.96. The third kappa shape index (κ3) is 3.31. The van der Waals surface area contributed by atoms with E-state index >= 15 is 0 Å². The van der Waals surface area contributed by atoms with Crippen molar-refractivity contribution in [3.05, 3.63) is 58.3 Å². The molecule has 1 aliphatic heterocycles. The predicted octanol–water partition coefficient (Wildman–Crippen LogP) is 0.967. The lowest BCUT2D eigenvalue weighted by molar-refractivity contribution is -0.140. The molecular formula is C18H19N3O4. The number of nitrogens with zero attached hydrogens (tertiary/aromatic N) is 3. The van der Waals surface area contributed by atoms with E-state index < -0.39 is 6.04 Å². The van der Waals surface area contributed by atoms with E-state index in [0.717, 1.165) is 16.9 Å². The minimum absolute atomic E-state index is 0.113. The molecule has 3 rings (SSSR count). The minimum atomic E-state index is -0.644. The molecule has 1 amide bonds. The average Bonchev–Trinajstić information content (AvgIpc) is 2.61. The fraction of sp³-hybridized carbons (Fsp3) is 0.333. The number of methoxy groups -OCH3 is 1. The van der Waals surface area contributed by atoms with Crippen LogP contribution in [0.1, 0.15) is 24.1 Å². The van der Waals surface area contributed by atoms with Crippen molar-refractivity contribution < 1.29 is 14.3 Å². The van der Waals surface area contributed by atoms with E-state index in [-0.39, 0.29) is 23.8 Å². The van der Waals surface area contributed by atoms with Gasteiger partial charge in [-0.1, -0.05) is 6.07 Å². The number of benzene rings is 1. The Morgan fingerprint density at radius 2 is 2.12 bits per heavy atom. The molecule has 130 valence electrons. The monoisotopic (exact) mass is 341 g/mol. The van der Waals surface area contributed by atoms with Crippen LogP contribution < -0.4 is 10.3 Å². The molecule has 0 fully saturated rings. The predicted molar refractivity (Wildman–Crippen MR) is 90.3 cm³/mol. The van der Waals surface area contributed by atoms with Crippen LogP contribution >= 0.6 is 0 Å². The number of fused-ring (bicyclic) bond motifs is 1. The molecule has 1 aromatic heterocycles. The molecule has 0 spiro atoms. The number of ether oxygens (including phenoxy) is 1. The van der Waals surface area contributed by atoms with Crippen LogP contribution in [-0.2, 0) is 22.6 Å². The van der Waals surface area contributed by atoms with Crippen molar-refractivity contribution in [1.82, 2.24) is 14.5 Å². The molecule has 1 aromatic carbocycles. The fourth-order valence-electron chi connectivity index (χ4n) is 3.17. The summed E-state index contributed by atoms with van der Waals surface area (Å²) in [5.74, 6) is 0.331. The molecule has 0 saturated heterocycles. The van der Waals surface area contributed by atoms with Gasteiger partial charge in [-0.3, -0.25) is 19.0 Å². The first-order valence-electron chi connectivity index (χ1n) is 7.98. The molecule has 0 aliphatic carbocycles. The van der Waals surface area contributed by atoms with Gasteiger partial charge >= 0.3 is 0 Å². The second-order valence-electron chi connectivity index (χ2n) is 5.96. The molecule has 7 nitrogen and oxygen atoms in total. The van der Waals surface area contributed by atoms with Gasteiger partial charge in [0.05, 0.1) is 13.4 Å². The average molecular weight is 341 g/mol. The Labute approximate surface area is 144 Å². The number of rotatable bonds is 4. The van der Waals surface area contributed by atoms with Crippen LogP contribution in [0.4, 0.5) is 0 Å². The molecule has 2 aromatic rings. The number of aromatic nitrogens is 2. The van der Waals surface area contributed by atoms with Crippen LogP contribution in [0.3, 0.4) is 0 Å². The van der Waals surface area contributed by atoms with Crippen LogP contribution in [0.5, 0.6) is 5.75 Å². The third-order valence-electron chi connectivity index (χ3n) is 4.38. The summed E-state index contributed by atoms with van der Waals surface area (Å²) in [5, 5.41) is 0. The summed E-state index contributed by atoms with van der Waals surface area (Å²) < 4.78 is 6.47. The summed E-state index contributed by atoms with van der Waals surface area (Å²) in [5.41, 5.74) is 1.51. The van der Waals surface area contributed by atoms with E-state index in [4.69, 9.17) is 4.74 Å². The largest absolute Gasteiger partial charge is 0.497 e. The van der Waals surface area contributed by atoms with Crippen molar-refractivity contribution in [3.63, 3.8) is 0 Å². The summed E-state index contributed by atoms with van der Waals surface area (Å²) >= 11 is 0. The summed E-state index contributed by atoms with van der Waals surface area (Å²) in [4.78, 5) is 42.2. The maximum Gasteiger partial charge on any atom is 0.253 e. The number of amides is 1. The lowest BCUT2D eigenvalue weighted by atomic mass is 9.90. The van der Waals surface area contributed by atoms with Crippen LogP contribution in [-0.4, -0.2) is 39.8 Å². The van der Waals surface area contributed by atoms with Crippen LogP contribution in [0.2, 0.25) is 0 Å². The highest BCUT2D eigenvalue weighted by Crippen LogP contribution is 2.33. The number of carbonyl (C=O) groups excluding carboxylic acids is 2. The maximum absolute atomic E-state index is 12.7. The highest BCUT2D eigenvalue weighted by molar-refractivity contribution is 5.89. The quantitative estimate of drug-likeness (QED) is 0.828. The summed E-state index contributed by atoms with van der Waals surface area (Å²) in [6, 6.07) is 6.17. The SMILES string of the molecule is COc1ccc2c(c1)CCN(C(=O)Cn1cnccc1=O)[C@H]2C(C)=O. The summed E-state index contributed by atoms with van der Waals surface area (Å²) in [6.07, 6.45) is 3.34. The topological polar surface area (TPSA) is 81.5 Å². The van der Waals surface area contributed by atoms with E-state index in [2.05, 4.69) is 4.98 Å². The molecule has 1 atom stereocenters. The summed E-state index contributed by atoms with van der Waals surface area (Å²) in [6.45, 7) is 1.75. The Bertz CT molecular complexity index is 875. The molecule has 0 saturated carbocycles. The van der Waals surface area contributed by atoms with Crippen molar-refractivity contribution in [1.29, 1.82) is 0 Å². The Kier molecular flexibility index (Phi) is 4.65. The molecule has 0 radical (unpaired) electrons. The molecule has 25 heavy (non-hydrogen) atoms. The number of hydrogen-bond acceptors (Lipinski definition) is 5. The molecule has 1 aliphatic rings. The van der Waals surface area contributed by atoms with E-state index in [0.29, 0.717) is 13.0 Å². The Morgan fingerprint density at radius 3 is 2.80 bits per heavy atom. The smallest absolute Gasteiger partial charge is 0.253 e. The van der Waals surface area contributed by atoms with Gasteiger partial charge in [-0.2, -0.15) is 0 Å². The zero-order chi connectivity index (χ0) is 18.0. The summed E-state index contributed by atoms with van der Waals surface area (Å²) in [7, 11) is 1.59. The van der Waals surface area contributed by atoms with Gasteiger partial charge in [-0.25, -0.2) is 4.98 Å². The molecule has 0 N–H and O–H groups in total. The zero-order valence-corrected chi connectivity index (χ0v) is 14.1. The van der Waals surface area contributed by atoms with Crippen LogP contribution in [0.25, 0.3) is 0 Å². The van der Waals surface area contributed by atoms with Crippen LogP contribution in [0, 0.1) is 0 Å². The highest BCUT2D eigenvalue weighted by Gasteiger charge is 2.34.